The van der Waals surface area contributed by atoms with Gasteiger partial charge in [0.1, 0.15) is 5.66 Å². The van der Waals surface area contributed by atoms with E-state index in [4.69, 9.17) is 4.42 Å². The molecule has 0 aliphatic carbocycles. The molecule has 0 N–H and O–H groups in total. The van der Waals surface area contributed by atoms with Crippen LogP contribution in [0.25, 0.3) is 32.9 Å². The summed E-state index contributed by atoms with van der Waals surface area (Å²) in [6.07, 6.45) is 1.82. The molecule has 0 bridgehead atoms. The monoisotopic (exact) mass is 332 g/mol. The molecular formula is C22H13BN2O. The van der Waals surface area contributed by atoms with E-state index >= 15 is 0 Å². The van der Waals surface area contributed by atoms with Crippen LogP contribution < -0.4 is 10.5 Å². The Morgan fingerprint density at radius 3 is 2.50 bits per heavy atom. The Labute approximate surface area is 150 Å². The highest BCUT2D eigenvalue weighted by Crippen LogP contribution is 2.48. The van der Waals surface area contributed by atoms with Gasteiger partial charge in [0.25, 0.3) is 0 Å². The molecular weight excluding hydrogens is 319 g/mol. The Bertz CT molecular complexity index is 1360. The van der Waals surface area contributed by atoms with Crippen LogP contribution in [0.1, 0.15) is 0 Å². The molecule has 0 radical (unpaired) electrons. The second-order valence-corrected chi connectivity index (χ2v) is 7.02. The van der Waals surface area contributed by atoms with Gasteiger partial charge in [-0.1, -0.05) is 48.5 Å². The summed E-state index contributed by atoms with van der Waals surface area (Å²) >= 11 is 0. The van der Waals surface area contributed by atoms with E-state index in [9.17, 15) is 0 Å². The first-order valence-corrected chi connectivity index (χ1v) is 8.91. The molecule has 4 heteroatoms. The summed E-state index contributed by atoms with van der Waals surface area (Å²) in [5, 5.41) is 2.61. The highest BCUT2D eigenvalue weighted by Gasteiger charge is 2.46. The third kappa shape index (κ3) is 1.28. The molecule has 2 aliphatic heterocycles. The Hall–Kier alpha value is -3.40. The zero-order chi connectivity index (χ0) is 16.8. The maximum atomic E-state index is 6.04. The number of hydrogen-bond acceptors (Lipinski definition) is 2. The predicted octanol–water partition coefficient (Wildman–Crippen LogP) is 4.76. The summed E-state index contributed by atoms with van der Waals surface area (Å²) in [5.41, 5.74) is 8.48. The fraction of sp³-hybridized carbons (Fsp3) is 0. The van der Waals surface area contributed by atoms with Crippen molar-refractivity contribution in [1.82, 2.24) is 4.48 Å². The van der Waals surface area contributed by atoms with Crippen LogP contribution >= 0.6 is 0 Å². The SMILES string of the molecule is c1ccc2c(c1)-c1ccoc1B1N2c2cccc3c4ccccc4n1c23. The van der Waals surface area contributed by atoms with E-state index in [-0.39, 0.29) is 6.98 Å². The van der Waals surface area contributed by atoms with Gasteiger partial charge in [-0.2, -0.15) is 0 Å². The lowest BCUT2D eigenvalue weighted by Gasteiger charge is -2.31. The minimum atomic E-state index is 0.0229. The summed E-state index contributed by atoms with van der Waals surface area (Å²) < 4.78 is 8.49. The van der Waals surface area contributed by atoms with Crippen molar-refractivity contribution in [3.63, 3.8) is 0 Å². The molecule has 0 spiro atoms. The number of nitrogens with zero attached hydrogens (tertiary/aromatic N) is 2. The van der Waals surface area contributed by atoms with Crippen molar-refractivity contribution in [2.45, 2.75) is 0 Å². The molecule has 3 aromatic carbocycles. The minimum Gasteiger partial charge on any atom is -0.474 e. The van der Waals surface area contributed by atoms with Crippen molar-refractivity contribution >= 4 is 45.8 Å². The third-order valence-electron chi connectivity index (χ3n) is 5.84. The fourth-order valence-electron chi connectivity index (χ4n) is 4.88. The van der Waals surface area contributed by atoms with Gasteiger partial charge in [0, 0.05) is 33.1 Å². The van der Waals surface area contributed by atoms with Gasteiger partial charge in [0.15, 0.2) is 0 Å². The van der Waals surface area contributed by atoms with Crippen LogP contribution in [0.3, 0.4) is 0 Å². The van der Waals surface area contributed by atoms with Crippen LogP contribution in [0.15, 0.2) is 83.5 Å². The number of anilines is 2. The molecule has 120 valence electrons. The van der Waals surface area contributed by atoms with E-state index in [1.54, 1.807) is 0 Å². The standard InChI is InChI=1S/C22H13BN2O/c1-4-10-19-14(6-1)16-8-5-11-20-21(16)25(19)23-22-17(12-13-26-22)15-7-2-3-9-18(15)24(20)23/h1-13H. The van der Waals surface area contributed by atoms with E-state index < -0.39 is 0 Å². The highest BCUT2D eigenvalue weighted by atomic mass is 16.3. The van der Waals surface area contributed by atoms with Gasteiger partial charge in [-0.05, 0) is 24.3 Å². The second-order valence-electron chi connectivity index (χ2n) is 7.02. The smallest absolute Gasteiger partial charge is 0.459 e. The number of hydrogen-bond donors (Lipinski definition) is 0. The maximum Gasteiger partial charge on any atom is 0.459 e. The zero-order valence-electron chi connectivity index (χ0n) is 13.9. The largest absolute Gasteiger partial charge is 0.474 e. The van der Waals surface area contributed by atoms with Crippen molar-refractivity contribution in [2.75, 3.05) is 4.81 Å². The Morgan fingerprint density at radius 1 is 0.692 bits per heavy atom. The third-order valence-corrected chi connectivity index (χ3v) is 5.84. The van der Waals surface area contributed by atoms with Gasteiger partial charge in [-0.25, -0.2) is 0 Å². The van der Waals surface area contributed by atoms with Gasteiger partial charge in [-0.3, -0.25) is 0 Å². The van der Waals surface area contributed by atoms with Crippen LogP contribution in [0, 0.1) is 0 Å². The van der Waals surface area contributed by atoms with Crippen molar-refractivity contribution in [1.29, 1.82) is 0 Å². The summed E-state index contributed by atoms with van der Waals surface area (Å²) in [5.74, 6) is 0. The van der Waals surface area contributed by atoms with Gasteiger partial charge in [0.05, 0.1) is 17.5 Å². The van der Waals surface area contributed by atoms with Crippen molar-refractivity contribution in [3.8, 4) is 11.1 Å². The molecule has 26 heavy (non-hydrogen) atoms. The van der Waals surface area contributed by atoms with Crippen molar-refractivity contribution in [3.05, 3.63) is 79.1 Å². The van der Waals surface area contributed by atoms with Crippen LogP contribution in [-0.4, -0.2) is 11.5 Å². The average molecular weight is 332 g/mol. The highest BCUT2D eigenvalue weighted by molar-refractivity contribution is 6.81. The van der Waals surface area contributed by atoms with E-state index in [1.807, 2.05) is 6.26 Å². The van der Waals surface area contributed by atoms with Gasteiger partial charge in [0.2, 0.25) is 0 Å². The van der Waals surface area contributed by atoms with Crippen molar-refractivity contribution in [2.24, 2.45) is 0 Å². The molecule has 0 unspecified atom stereocenters. The molecule has 2 aliphatic rings. The molecule has 4 heterocycles. The van der Waals surface area contributed by atoms with E-state index in [1.165, 1.54) is 44.3 Å². The molecule has 5 aromatic rings. The fourth-order valence-corrected chi connectivity index (χ4v) is 4.88. The molecule has 7 rings (SSSR count). The lowest BCUT2D eigenvalue weighted by molar-refractivity contribution is 0.598. The summed E-state index contributed by atoms with van der Waals surface area (Å²) in [6, 6.07) is 26.0. The Kier molecular flexibility index (Phi) is 2.09. The quantitative estimate of drug-likeness (QED) is 0.381. The normalized spacial score (nSPS) is 14.0. The van der Waals surface area contributed by atoms with E-state index in [0.29, 0.717) is 0 Å². The van der Waals surface area contributed by atoms with Gasteiger partial charge >= 0.3 is 6.98 Å². The zero-order valence-corrected chi connectivity index (χ0v) is 13.9. The van der Waals surface area contributed by atoms with Gasteiger partial charge < -0.3 is 13.7 Å². The predicted molar refractivity (Wildman–Crippen MR) is 107 cm³/mol. The Morgan fingerprint density at radius 2 is 1.50 bits per heavy atom. The second kappa shape index (κ2) is 4.22. The molecule has 3 nitrogen and oxygen atoms in total. The number of aromatic nitrogens is 1. The molecule has 0 atom stereocenters. The van der Waals surface area contributed by atoms with E-state index in [0.717, 1.165) is 5.66 Å². The molecule has 2 aromatic heterocycles. The lowest BCUT2D eigenvalue weighted by atomic mass is 9.65. The number of furan rings is 1. The van der Waals surface area contributed by atoms with Crippen LogP contribution in [-0.2, 0) is 0 Å². The maximum absolute atomic E-state index is 6.04. The summed E-state index contributed by atoms with van der Waals surface area (Å²) in [6.45, 7) is 0.0229. The molecule has 0 amide bonds. The topological polar surface area (TPSA) is 21.3 Å². The van der Waals surface area contributed by atoms with Crippen LogP contribution in [0.4, 0.5) is 11.4 Å². The number of para-hydroxylation sites is 3. The molecule has 0 fully saturated rings. The van der Waals surface area contributed by atoms with Crippen LogP contribution in [0.5, 0.6) is 0 Å². The number of rotatable bonds is 0. The average Bonchev–Trinajstić information content (AvgIpc) is 3.39. The summed E-state index contributed by atoms with van der Waals surface area (Å²) in [4.78, 5) is 2.43. The summed E-state index contributed by atoms with van der Waals surface area (Å²) in [7, 11) is 0. The first-order chi connectivity index (χ1) is 12.9. The number of benzene rings is 3. The molecule has 0 saturated carbocycles. The molecule has 0 saturated heterocycles. The van der Waals surface area contributed by atoms with Gasteiger partial charge in [-0.15, -0.1) is 0 Å². The first kappa shape index (κ1) is 12.9. The lowest BCUT2D eigenvalue weighted by Crippen LogP contribution is -2.50. The number of fused-ring (bicyclic) bond motifs is 11. The van der Waals surface area contributed by atoms with Crippen molar-refractivity contribution < 1.29 is 4.42 Å². The minimum absolute atomic E-state index is 0.0229. The van der Waals surface area contributed by atoms with Crippen LogP contribution in [0.2, 0.25) is 0 Å². The Balaban J connectivity index is 1.71. The first-order valence-electron chi connectivity index (χ1n) is 8.91. The van der Waals surface area contributed by atoms with E-state index in [2.05, 4.69) is 82.1 Å².